The van der Waals surface area contributed by atoms with Crippen LogP contribution in [0.2, 0.25) is 0 Å². The SMILES string of the molecule is CCOC(=O)C(C#N)(c1ccccc1)N(NC(=O)OCC(Cl)(Cl)Cl)C(=O)OCC(Cl)(Cl)Cl. The molecule has 1 atom stereocenters. The van der Waals surface area contributed by atoms with Crippen molar-refractivity contribution in [3.8, 4) is 6.07 Å². The Labute approximate surface area is 213 Å². The van der Waals surface area contributed by atoms with Gasteiger partial charge in [0.25, 0.3) is 5.54 Å². The summed E-state index contributed by atoms with van der Waals surface area (Å²) in [5.74, 6) is -1.22. The number of nitriles is 1. The topological polar surface area (TPSA) is 118 Å². The number of benzene rings is 1. The fourth-order valence-electron chi connectivity index (χ4n) is 2.16. The number of carbonyl (C=O) groups is 3. The first-order chi connectivity index (χ1) is 14.8. The fraction of sp³-hybridized carbons (Fsp3) is 0.412. The predicted molar refractivity (Wildman–Crippen MR) is 119 cm³/mol. The Kier molecular flexibility index (Phi) is 10.7. The van der Waals surface area contributed by atoms with E-state index < -0.39 is 44.5 Å². The molecule has 0 aliphatic rings. The second-order valence-electron chi connectivity index (χ2n) is 5.72. The number of amides is 2. The van der Waals surface area contributed by atoms with Gasteiger partial charge in [-0.3, -0.25) is 0 Å². The van der Waals surface area contributed by atoms with Crippen molar-refractivity contribution in [2.75, 3.05) is 19.8 Å². The number of nitrogens with one attached hydrogen (secondary N) is 1. The first-order valence-electron chi connectivity index (χ1n) is 8.44. The van der Waals surface area contributed by atoms with Crippen molar-refractivity contribution in [3.63, 3.8) is 0 Å². The quantitative estimate of drug-likeness (QED) is 0.226. The summed E-state index contributed by atoms with van der Waals surface area (Å²) in [6.07, 6.45) is -2.83. The first kappa shape index (κ1) is 28.5. The van der Waals surface area contributed by atoms with Crippen LogP contribution in [-0.2, 0) is 24.5 Å². The lowest BCUT2D eigenvalue weighted by molar-refractivity contribution is -0.155. The predicted octanol–water partition coefficient (Wildman–Crippen LogP) is 4.79. The van der Waals surface area contributed by atoms with E-state index in [-0.39, 0.29) is 17.2 Å². The van der Waals surface area contributed by atoms with E-state index in [1.807, 2.05) is 5.43 Å². The maximum Gasteiger partial charge on any atom is 0.431 e. The van der Waals surface area contributed by atoms with Gasteiger partial charge >= 0.3 is 18.2 Å². The van der Waals surface area contributed by atoms with Gasteiger partial charge in [-0.2, -0.15) is 10.3 Å². The highest BCUT2D eigenvalue weighted by atomic mass is 35.6. The summed E-state index contributed by atoms with van der Waals surface area (Å²) >= 11 is 33.4. The Morgan fingerprint density at radius 2 is 1.50 bits per heavy atom. The van der Waals surface area contributed by atoms with Gasteiger partial charge in [0.1, 0.15) is 19.3 Å². The van der Waals surface area contributed by atoms with E-state index in [4.69, 9.17) is 83.8 Å². The van der Waals surface area contributed by atoms with Crippen LogP contribution < -0.4 is 5.43 Å². The van der Waals surface area contributed by atoms with Gasteiger partial charge in [-0.15, -0.1) is 0 Å². The van der Waals surface area contributed by atoms with Gasteiger partial charge in [-0.1, -0.05) is 99.9 Å². The highest BCUT2D eigenvalue weighted by Crippen LogP contribution is 2.32. The Balaban J connectivity index is 3.49. The van der Waals surface area contributed by atoms with Crippen molar-refractivity contribution in [1.82, 2.24) is 10.4 Å². The molecule has 1 aromatic rings. The summed E-state index contributed by atoms with van der Waals surface area (Å²) in [7, 11) is 0. The van der Waals surface area contributed by atoms with Crippen LogP contribution >= 0.6 is 69.6 Å². The van der Waals surface area contributed by atoms with E-state index in [1.54, 1.807) is 12.1 Å². The monoisotopic (exact) mass is 567 g/mol. The number of rotatable bonds is 6. The molecule has 176 valence electrons. The van der Waals surface area contributed by atoms with Crippen LogP contribution in [0, 0.1) is 11.3 Å². The summed E-state index contributed by atoms with van der Waals surface area (Å²) in [6.45, 7) is -0.217. The third kappa shape index (κ3) is 8.43. The Morgan fingerprint density at radius 1 is 0.969 bits per heavy atom. The number of halogens is 6. The minimum absolute atomic E-state index is 0.0616. The van der Waals surface area contributed by atoms with Crippen molar-refractivity contribution in [1.29, 1.82) is 5.26 Å². The minimum Gasteiger partial charge on any atom is -0.463 e. The zero-order chi connectivity index (χ0) is 24.6. The molecule has 1 unspecified atom stereocenters. The normalized spacial score (nSPS) is 13.2. The molecular weight excluding hydrogens is 555 g/mol. The van der Waals surface area contributed by atoms with Crippen molar-refractivity contribution in [2.24, 2.45) is 0 Å². The molecule has 0 saturated heterocycles. The third-order valence-electron chi connectivity index (χ3n) is 3.37. The number of hydrogen-bond acceptors (Lipinski definition) is 7. The summed E-state index contributed by atoms with van der Waals surface area (Å²) < 4.78 is 10.5. The zero-order valence-electron chi connectivity index (χ0n) is 16.1. The summed E-state index contributed by atoms with van der Waals surface area (Å²) in [5.41, 5.74) is -0.706. The first-order valence-corrected chi connectivity index (χ1v) is 10.7. The van der Waals surface area contributed by atoms with Crippen LogP contribution in [-0.4, -0.2) is 50.6 Å². The average molecular weight is 570 g/mol. The summed E-state index contributed by atoms with van der Waals surface area (Å²) in [5, 5.41) is 10.2. The van der Waals surface area contributed by atoms with Gasteiger partial charge in [-0.05, 0) is 6.92 Å². The van der Waals surface area contributed by atoms with E-state index in [2.05, 4.69) is 0 Å². The van der Waals surface area contributed by atoms with E-state index in [1.165, 1.54) is 31.2 Å². The maximum atomic E-state index is 12.9. The molecule has 0 aromatic heterocycles. The molecule has 1 rings (SSSR count). The number of nitrogens with zero attached hydrogens (tertiary/aromatic N) is 2. The van der Waals surface area contributed by atoms with E-state index >= 15 is 0 Å². The van der Waals surface area contributed by atoms with Crippen LogP contribution in [0.4, 0.5) is 9.59 Å². The van der Waals surface area contributed by atoms with Gasteiger partial charge in [-0.25, -0.2) is 19.8 Å². The molecule has 0 aliphatic carbocycles. The molecule has 0 spiro atoms. The number of hydrogen-bond donors (Lipinski definition) is 1. The van der Waals surface area contributed by atoms with Crippen LogP contribution in [0.5, 0.6) is 0 Å². The highest BCUT2D eigenvalue weighted by Gasteiger charge is 2.53. The Morgan fingerprint density at radius 3 is 1.97 bits per heavy atom. The number of alkyl halides is 6. The molecule has 0 heterocycles. The summed E-state index contributed by atoms with van der Waals surface area (Å²) in [6, 6.07) is 8.90. The standard InChI is InChI=1S/C17H15Cl6N3O6/c1-2-30-12(27)15(8-24,11-6-4-3-5-7-11)26(14(29)32-10-17(21,22)23)25-13(28)31-9-16(18,19)20/h3-7H,2,9-10H2,1H3,(H,25,28). The minimum atomic E-state index is -2.57. The van der Waals surface area contributed by atoms with Gasteiger partial charge in [0.2, 0.25) is 7.59 Å². The van der Waals surface area contributed by atoms with Crippen molar-refractivity contribution in [3.05, 3.63) is 35.9 Å². The molecule has 0 aliphatic heterocycles. The molecule has 1 aromatic carbocycles. The van der Waals surface area contributed by atoms with Crippen LogP contribution in [0.1, 0.15) is 12.5 Å². The van der Waals surface area contributed by atoms with Crippen LogP contribution in [0.3, 0.4) is 0 Å². The molecule has 1 N–H and O–H groups in total. The second-order valence-corrected chi connectivity index (χ2v) is 10.7. The van der Waals surface area contributed by atoms with E-state index in [0.717, 1.165) is 0 Å². The summed E-state index contributed by atoms with van der Waals surface area (Å²) in [4.78, 5) is 38.0. The van der Waals surface area contributed by atoms with Gasteiger partial charge in [0.05, 0.1) is 6.61 Å². The molecule has 0 bridgehead atoms. The molecule has 0 fully saturated rings. The lowest BCUT2D eigenvalue weighted by Crippen LogP contribution is -2.62. The highest BCUT2D eigenvalue weighted by molar-refractivity contribution is 6.68. The number of esters is 1. The molecule has 0 radical (unpaired) electrons. The van der Waals surface area contributed by atoms with Crippen molar-refractivity contribution < 1.29 is 28.6 Å². The van der Waals surface area contributed by atoms with Gasteiger partial charge < -0.3 is 14.2 Å². The van der Waals surface area contributed by atoms with Crippen molar-refractivity contribution >= 4 is 87.8 Å². The fourth-order valence-corrected chi connectivity index (χ4v) is 2.49. The second kappa shape index (κ2) is 12.1. The van der Waals surface area contributed by atoms with Gasteiger partial charge in [0.15, 0.2) is 0 Å². The lowest BCUT2D eigenvalue weighted by Gasteiger charge is -2.35. The smallest absolute Gasteiger partial charge is 0.431 e. The number of hydrazine groups is 1. The molecule has 15 heteroatoms. The molecular formula is C17H15Cl6N3O6. The van der Waals surface area contributed by atoms with Crippen molar-refractivity contribution in [2.45, 2.75) is 20.0 Å². The Bertz CT molecular complexity index is 855. The van der Waals surface area contributed by atoms with Gasteiger partial charge in [0, 0.05) is 5.56 Å². The molecule has 32 heavy (non-hydrogen) atoms. The average Bonchev–Trinajstić information content (AvgIpc) is 2.70. The molecule has 9 nitrogen and oxygen atoms in total. The Hall–Kier alpha value is -1.54. The van der Waals surface area contributed by atoms with E-state index in [9.17, 15) is 19.6 Å². The molecule has 2 amide bonds. The number of carbonyl (C=O) groups excluding carboxylic acids is 3. The molecule has 0 saturated carbocycles. The largest absolute Gasteiger partial charge is 0.463 e. The lowest BCUT2D eigenvalue weighted by atomic mass is 9.90. The maximum absolute atomic E-state index is 12.9. The van der Waals surface area contributed by atoms with Crippen LogP contribution in [0.15, 0.2) is 30.3 Å². The third-order valence-corrected chi connectivity index (χ3v) is 4.03. The van der Waals surface area contributed by atoms with Crippen LogP contribution in [0.25, 0.3) is 0 Å². The number of ether oxygens (including phenoxy) is 3. The zero-order valence-corrected chi connectivity index (χ0v) is 20.7. The van der Waals surface area contributed by atoms with E-state index in [0.29, 0.717) is 0 Å².